The second-order valence-corrected chi connectivity index (χ2v) is 4.86. The van der Waals surface area contributed by atoms with Crippen LogP contribution in [0.3, 0.4) is 0 Å². The fourth-order valence-corrected chi connectivity index (χ4v) is 2.16. The summed E-state index contributed by atoms with van der Waals surface area (Å²) in [6, 6.07) is 3.83. The van der Waals surface area contributed by atoms with Crippen molar-refractivity contribution in [1.82, 2.24) is 5.32 Å². The summed E-state index contributed by atoms with van der Waals surface area (Å²) in [5, 5.41) is 3.92. The maximum Gasteiger partial charge on any atom is 0.179 e. The molecule has 0 amide bonds. The minimum Gasteiger partial charge on any atom is -0.493 e. The highest BCUT2D eigenvalue weighted by molar-refractivity contribution is 6.32. The number of benzene rings is 1. The molecule has 1 rings (SSSR count). The smallest absolute Gasteiger partial charge is 0.179 e. The average Bonchev–Trinajstić information content (AvgIpc) is 2.45. The molecule has 0 fully saturated rings. The van der Waals surface area contributed by atoms with E-state index in [1.54, 1.807) is 14.2 Å². The second kappa shape index (κ2) is 9.86. The number of ether oxygens (including phenoxy) is 3. The van der Waals surface area contributed by atoms with Crippen LogP contribution in [0, 0.1) is 0 Å². The van der Waals surface area contributed by atoms with E-state index >= 15 is 0 Å². The Hall–Kier alpha value is -0.970. The maximum atomic E-state index is 6.16. The molecule has 0 spiro atoms. The van der Waals surface area contributed by atoms with Crippen molar-refractivity contribution in [3.63, 3.8) is 0 Å². The van der Waals surface area contributed by atoms with Crippen LogP contribution in [0.5, 0.6) is 11.5 Å². The van der Waals surface area contributed by atoms with Crippen LogP contribution in [0.1, 0.15) is 25.3 Å². The largest absolute Gasteiger partial charge is 0.493 e. The van der Waals surface area contributed by atoms with Crippen LogP contribution < -0.4 is 14.8 Å². The van der Waals surface area contributed by atoms with Crippen molar-refractivity contribution in [2.24, 2.45) is 0 Å². The summed E-state index contributed by atoms with van der Waals surface area (Å²) in [5.74, 6) is 1.23. The number of hydrogen-bond acceptors (Lipinski definition) is 4. The van der Waals surface area contributed by atoms with Crippen LogP contribution in [0.4, 0.5) is 0 Å². The lowest BCUT2D eigenvalue weighted by Crippen LogP contribution is -2.16. The number of methoxy groups -OCH3 is 2. The summed E-state index contributed by atoms with van der Waals surface area (Å²) in [5.41, 5.74) is 1.07. The van der Waals surface area contributed by atoms with Crippen LogP contribution in [0.25, 0.3) is 0 Å². The molecule has 0 aliphatic rings. The van der Waals surface area contributed by atoms with Crippen LogP contribution in [-0.2, 0) is 11.3 Å². The van der Waals surface area contributed by atoms with Crippen molar-refractivity contribution in [3.05, 3.63) is 22.7 Å². The van der Waals surface area contributed by atoms with Gasteiger partial charge in [-0.05, 0) is 37.1 Å². The van der Waals surface area contributed by atoms with E-state index in [2.05, 4.69) is 12.2 Å². The minimum absolute atomic E-state index is 0.565. The average molecular weight is 302 g/mol. The van der Waals surface area contributed by atoms with Gasteiger partial charge in [-0.3, -0.25) is 0 Å². The van der Waals surface area contributed by atoms with E-state index < -0.39 is 0 Å². The van der Waals surface area contributed by atoms with Crippen LogP contribution >= 0.6 is 11.6 Å². The van der Waals surface area contributed by atoms with Gasteiger partial charge >= 0.3 is 0 Å². The summed E-state index contributed by atoms with van der Waals surface area (Å²) in [4.78, 5) is 0. The van der Waals surface area contributed by atoms with Gasteiger partial charge in [0.05, 0.1) is 19.2 Å². The highest BCUT2D eigenvalue weighted by Crippen LogP contribution is 2.35. The Morgan fingerprint density at radius 3 is 2.60 bits per heavy atom. The lowest BCUT2D eigenvalue weighted by atomic mass is 10.2. The first-order valence-corrected chi connectivity index (χ1v) is 7.29. The highest BCUT2D eigenvalue weighted by Gasteiger charge is 2.10. The van der Waals surface area contributed by atoms with E-state index in [4.69, 9.17) is 25.8 Å². The molecule has 0 aliphatic heterocycles. The molecule has 0 bridgehead atoms. The Labute approximate surface area is 126 Å². The van der Waals surface area contributed by atoms with Gasteiger partial charge in [-0.2, -0.15) is 0 Å². The molecule has 0 saturated carbocycles. The SMILES string of the molecule is CCCOCCCNCc1cc(Cl)c(OC)c(OC)c1. The van der Waals surface area contributed by atoms with Gasteiger partial charge in [0.25, 0.3) is 0 Å². The lowest BCUT2D eigenvalue weighted by Gasteiger charge is -2.12. The standard InChI is InChI=1S/C15H24ClNO3/c1-4-7-20-8-5-6-17-11-12-9-13(16)15(19-3)14(10-12)18-2/h9-10,17H,4-8,11H2,1-3H3. The molecule has 1 aromatic rings. The van der Waals surface area contributed by atoms with Crippen LogP contribution in [0.2, 0.25) is 5.02 Å². The molecule has 0 aliphatic carbocycles. The Balaban J connectivity index is 2.39. The van der Waals surface area contributed by atoms with E-state index in [9.17, 15) is 0 Å². The van der Waals surface area contributed by atoms with E-state index in [1.807, 2.05) is 12.1 Å². The fourth-order valence-electron chi connectivity index (χ4n) is 1.85. The third-order valence-electron chi connectivity index (χ3n) is 2.81. The molecule has 0 aromatic heterocycles. The number of hydrogen-bond donors (Lipinski definition) is 1. The molecule has 0 atom stereocenters. The summed E-state index contributed by atoms with van der Waals surface area (Å²) in [6.45, 7) is 5.40. The molecular formula is C15H24ClNO3. The van der Waals surface area contributed by atoms with Gasteiger partial charge in [-0.1, -0.05) is 18.5 Å². The van der Waals surface area contributed by atoms with Crippen molar-refractivity contribution >= 4 is 11.6 Å². The zero-order valence-electron chi connectivity index (χ0n) is 12.5. The van der Waals surface area contributed by atoms with E-state index in [0.717, 1.165) is 44.7 Å². The van der Waals surface area contributed by atoms with Gasteiger partial charge in [-0.15, -0.1) is 0 Å². The third-order valence-corrected chi connectivity index (χ3v) is 3.09. The first-order chi connectivity index (χ1) is 9.72. The van der Waals surface area contributed by atoms with Gasteiger partial charge in [0.1, 0.15) is 0 Å². The number of nitrogens with one attached hydrogen (secondary N) is 1. The van der Waals surface area contributed by atoms with Gasteiger partial charge in [-0.25, -0.2) is 0 Å². The highest BCUT2D eigenvalue weighted by atomic mass is 35.5. The molecule has 0 heterocycles. The molecule has 20 heavy (non-hydrogen) atoms. The normalized spacial score (nSPS) is 10.6. The fraction of sp³-hybridized carbons (Fsp3) is 0.600. The first kappa shape index (κ1) is 17.1. The quantitative estimate of drug-likeness (QED) is 0.673. The molecule has 0 saturated heterocycles. The van der Waals surface area contributed by atoms with Crippen LogP contribution in [0.15, 0.2) is 12.1 Å². The summed E-state index contributed by atoms with van der Waals surface area (Å²) in [6.07, 6.45) is 2.07. The van der Waals surface area contributed by atoms with Gasteiger partial charge in [0.2, 0.25) is 0 Å². The molecule has 5 heteroatoms. The number of rotatable bonds is 10. The Morgan fingerprint density at radius 2 is 1.95 bits per heavy atom. The van der Waals surface area contributed by atoms with Crippen molar-refractivity contribution in [1.29, 1.82) is 0 Å². The molecule has 4 nitrogen and oxygen atoms in total. The zero-order valence-corrected chi connectivity index (χ0v) is 13.3. The van der Waals surface area contributed by atoms with E-state index in [1.165, 1.54) is 0 Å². The topological polar surface area (TPSA) is 39.7 Å². The van der Waals surface area contributed by atoms with Gasteiger partial charge in [0, 0.05) is 19.8 Å². The van der Waals surface area contributed by atoms with Crippen molar-refractivity contribution in [3.8, 4) is 11.5 Å². The molecular weight excluding hydrogens is 278 g/mol. The molecule has 0 radical (unpaired) electrons. The Kier molecular flexibility index (Phi) is 8.42. The van der Waals surface area contributed by atoms with Crippen molar-refractivity contribution in [2.75, 3.05) is 34.0 Å². The summed E-state index contributed by atoms with van der Waals surface area (Å²) < 4.78 is 15.9. The van der Waals surface area contributed by atoms with Gasteiger partial charge in [0.15, 0.2) is 11.5 Å². The molecule has 1 N–H and O–H groups in total. The molecule has 1 aromatic carbocycles. The minimum atomic E-state index is 0.565. The van der Waals surface area contributed by atoms with E-state index in [0.29, 0.717) is 16.5 Å². The van der Waals surface area contributed by atoms with Crippen LogP contribution in [-0.4, -0.2) is 34.0 Å². The third kappa shape index (κ3) is 5.57. The Morgan fingerprint density at radius 1 is 1.15 bits per heavy atom. The lowest BCUT2D eigenvalue weighted by molar-refractivity contribution is 0.132. The van der Waals surface area contributed by atoms with E-state index in [-0.39, 0.29) is 0 Å². The molecule has 0 unspecified atom stereocenters. The second-order valence-electron chi connectivity index (χ2n) is 4.46. The predicted octanol–water partition coefficient (Wildman–Crippen LogP) is 3.26. The zero-order chi connectivity index (χ0) is 14.8. The number of halogens is 1. The van der Waals surface area contributed by atoms with Gasteiger partial charge < -0.3 is 19.5 Å². The Bertz CT molecular complexity index is 399. The summed E-state index contributed by atoms with van der Waals surface area (Å²) in [7, 11) is 3.19. The monoisotopic (exact) mass is 301 g/mol. The summed E-state index contributed by atoms with van der Waals surface area (Å²) >= 11 is 6.16. The maximum absolute atomic E-state index is 6.16. The predicted molar refractivity (Wildman–Crippen MR) is 82.0 cm³/mol. The molecule has 114 valence electrons. The first-order valence-electron chi connectivity index (χ1n) is 6.91. The van der Waals surface area contributed by atoms with Crippen molar-refractivity contribution < 1.29 is 14.2 Å². The van der Waals surface area contributed by atoms with Crippen molar-refractivity contribution in [2.45, 2.75) is 26.3 Å².